The molecule has 1 aromatic carbocycles. The van der Waals surface area contributed by atoms with Crippen LogP contribution < -0.4 is 10.2 Å². The Morgan fingerprint density at radius 1 is 1.22 bits per heavy atom. The molecule has 0 saturated heterocycles. The van der Waals surface area contributed by atoms with Crippen molar-refractivity contribution >= 4 is 5.69 Å². The molecule has 2 heteroatoms. The van der Waals surface area contributed by atoms with Crippen molar-refractivity contribution < 1.29 is 0 Å². The molecule has 1 rings (SSSR count). The van der Waals surface area contributed by atoms with Gasteiger partial charge in [-0.1, -0.05) is 31.5 Å². The van der Waals surface area contributed by atoms with Gasteiger partial charge in [-0.3, -0.25) is 0 Å². The second-order valence-electron chi connectivity index (χ2n) is 5.16. The molecule has 0 aliphatic carbocycles. The van der Waals surface area contributed by atoms with Gasteiger partial charge in [-0.15, -0.1) is 0 Å². The van der Waals surface area contributed by atoms with Crippen molar-refractivity contribution in [2.45, 2.75) is 46.1 Å². The van der Waals surface area contributed by atoms with Crippen LogP contribution in [0, 0.1) is 6.92 Å². The molecule has 0 aliphatic heterocycles. The first-order valence-electron chi connectivity index (χ1n) is 7.15. The topological polar surface area (TPSA) is 15.3 Å². The molecule has 0 amide bonds. The van der Waals surface area contributed by atoms with Crippen LogP contribution in [-0.4, -0.2) is 26.2 Å². The third kappa shape index (κ3) is 5.09. The van der Waals surface area contributed by atoms with Crippen LogP contribution in [0.15, 0.2) is 24.3 Å². The van der Waals surface area contributed by atoms with Crippen LogP contribution in [-0.2, 0) is 0 Å². The first-order valence-corrected chi connectivity index (χ1v) is 7.15. The monoisotopic (exact) mass is 248 g/mol. The Bertz CT molecular complexity index is 336. The molecule has 18 heavy (non-hydrogen) atoms. The Morgan fingerprint density at radius 2 is 1.94 bits per heavy atom. The van der Waals surface area contributed by atoms with Gasteiger partial charge in [0.15, 0.2) is 0 Å². The molecule has 0 saturated carbocycles. The summed E-state index contributed by atoms with van der Waals surface area (Å²) < 4.78 is 0. The van der Waals surface area contributed by atoms with Gasteiger partial charge in [0.1, 0.15) is 0 Å². The van der Waals surface area contributed by atoms with Crippen molar-refractivity contribution in [2.24, 2.45) is 0 Å². The molecule has 0 aliphatic rings. The van der Waals surface area contributed by atoms with E-state index in [1.165, 1.54) is 30.5 Å². The van der Waals surface area contributed by atoms with Crippen LogP contribution >= 0.6 is 0 Å². The Kier molecular flexibility index (Phi) is 6.81. The number of unbranched alkanes of at least 4 members (excludes halogenated alkanes) is 1. The van der Waals surface area contributed by atoms with Crippen molar-refractivity contribution in [1.29, 1.82) is 0 Å². The van der Waals surface area contributed by atoms with E-state index in [4.69, 9.17) is 0 Å². The minimum atomic E-state index is 0.652. The number of hydrogen-bond donors (Lipinski definition) is 1. The Labute approximate surface area is 112 Å². The fraction of sp³-hybridized carbons (Fsp3) is 0.625. The maximum absolute atomic E-state index is 3.46. The van der Waals surface area contributed by atoms with Crippen LogP contribution in [0.25, 0.3) is 0 Å². The Hall–Kier alpha value is -1.02. The van der Waals surface area contributed by atoms with Gasteiger partial charge in [-0.2, -0.15) is 0 Å². The summed E-state index contributed by atoms with van der Waals surface area (Å²) in [4.78, 5) is 2.37. The molecule has 0 aromatic heterocycles. The van der Waals surface area contributed by atoms with E-state index in [1.54, 1.807) is 0 Å². The quantitative estimate of drug-likeness (QED) is 0.707. The number of nitrogens with one attached hydrogen (secondary N) is 1. The summed E-state index contributed by atoms with van der Waals surface area (Å²) in [6.07, 6.45) is 3.83. The van der Waals surface area contributed by atoms with Gasteiger partial charge in [-0.05, 0) is 44.9 Å². The first kappa shape index (κ1) is 15.0. The van der Waals surface area contributed by atoms with Gasteiger partial charge in [0.2, 0.25) is 0 Å². The molecule has 102 valence electrons. The summed E-state index contributed by atoms with van der Waals surface area (Å²) in [6, 6.07) is 9.26. The molecule has 0 heterocycles. The van der Waals surface area contributed by atoms with Gasteiger partial charge >= 0.3 is 0 Å². The van der Waals surface area contributed by atoms with Crippen molar-refractivity contribution in [3.05, 3.63) is 29.8 Å². The lowest BCUT2D eigenvalue weighted by Crippen LogP contribution is -2.26. The van der Waals surface area contributed by atoms with Crippen molar-refractivity contribution in [3.8, 4) is 0 Å². The highest BCUT2D eigenvalue weighted by atomic mass is 15.1. The maximum atomic E-state index is 3.46. The van der Waals surface area contributed by atoms with E-state index in [-0.39, 0.29) is 0 Å². The van der Waals surface area contributed by atoms with Crippen LogP contribution in [0.3, 0.4) is 0 Å². The molecule has 2 nitrogen and oxygen atoms in total. The second kappa shape index (κ2) is 8.15. The number of para-hydroxylation sites is 1. The minimum absolute atomic E-state index is 0.652. The zero-order chi connectivity index (χ0) is 13.4. The van der Waals surface area contributed by atoms with E-state index in [0.717, 1.165) is 13.1 Å². The fourth-order valence-electron chi connectivity index (χ4n) is 2.36. The summed E-state index contributed by atoms with van der Waals surface area (Å²) in [5.74, 6) is 0. The minimum Gasteiger partial charge on any atom is -0.374 e. The molecule has 0 spiro atoms. The third-order valence-corrected chi connectivity index (χ3v) is 3.46. The van der Waals surface area contributed by atoms with Gasteiger partial charge in [0.05, 0.1) is 0 Å². The first-order chi connectivity index (χ1) is 8.65. The van der Waals surface area contributed by atoms with Crippen molar-refractivity contribution in [2.75, 3.05) is 25.0 Å². The Morgan fingerprint density at radius 3 is 2.61 bits per heavy atom. The average Bonchev–Trinajstić information content (AvgIpc) is 2.35. The smallest absolute Gasteiger partial charge is 0.0393 e. The summed E-state index contributed by atoms with van der Waals surface area (Å²) >= 11 is 0. The van der Waals surface area contributed by atoms with E-state index in [0.29, 0.717) is 6.04 Å². The number of anilines is 1. The summed E-state index contributed by atoms with van der Waals surface area (Å²) in [7, 11) is 2.19. The van der Waals surface area contributed by atoms with Crippen LogP contribution in [0.5, 0.6) is 0 Å². The van der Waals surface area contributed by atoms with Crippen molar-refractivity contribution in [3.63, 3.8) is 0 Å². The molecule has 1 unspecified atom stereocenters. The van der Waals surface area contributed by atoms with Gasteiger partial charge in [-0.25, -0.2) is 0 Å². The molecular formula is C16H28N2. The van der Waals surface area contributed by atoms with Crippen LogP contribution in [0.4, 0.5) is 5.69 Å². The molecular weight excluding hydrogens is 220 g/mol. The van der Waals surface area contributed by atoms with Crippen LogP contribution in [0.2, 0.25) is 0 Å². The predicted octanol–water partition coefficient (Wildman–Crippen LogP) is 3.60. The van der Waals surface area contributed by atoms with Gasteiger partial charge in [0.25, 0.3) is 0 Å². The number of rotatable bonds is 8. The molecule has 1 N–H and O–H groups in total. The van der Waals surface area contributed by atoms with Gasteiger partial charge < -0.3 is 10.2 Å². The summed E-state index contributed by atoms with van der Waals surface area (Å²) in [5.41, 5.74) is 2.72. The van der Waals surface area contributed by atoms with E-state index < -0.39 is 0 Å². The lowest BCUT2D eigenvalue weighted by molar-refractivity contribution is 0.503. The highest BCUT2D eigenvalue weighted by molar-refractivity contribution is 5.52. The summed E-state index contributed by atoms with van der Waals surface area (Å²) in [6.45, 7) is 8.84. The molecule has 0 bridgehead atoms. The number of aryl methyl sites for hydroxylation is 1. The maximum Gasteiger partial charge on any atom is 0.0393 e. The molecule has 1 atom stereocenters. The average molecular weight is 248 g/mol. The standard InChI is InChI=1S/C16H28N2/c1-5-17-15(3)11-8-9-13-18(4)16-12-7-6-10-14(16)2/h6-7,10,12,15,17H,5,8-9,11,13H2,1-4H3. The predicted molar refractivity (Wildman–Crippen MR) is 81.4 cm³/mol. The largest absolute Gasteiger partial charge is 0.374 e. The molecule has 0 radical (unpaired) electrons. The van der Waals surface area contributed by atoms with Crippen LogP contribution in [0.1, 0.15) is 38.7 Å². The molecule has 1 aromatic rings. The number of benzene rings is 1. The van der Waals surface area contributed by atoms with E-state index in [1.807, 2.05) is 0 Å². The van der Waals surface area contributed by atoms with Gasteiger partial charge in [0, 0.05) is 25.3 Å². The normalized spacial score (nSPS) is 12.4. The number of hydrogen-bond acceptors (Lipinski definition) is 2. The van der Waals surface area contributed by atoms with E-state index in [2.05, 4.69) is 62.3 Å². The van der Waals surface area contributed by atoms with E-state index >= 15 is 0 Å². The molecule has 0 fully saturated rings. The Balaban J connectivity index is 2.25. The second-order valence-corrected chi connectivity index (χ2v) is 5.16. The lowest BCUT2D eigenvalue weighted by Gasteiger charge is -2.21. The van der Waals surface area contributed by atoms with Crippen molar-refractivity contribution in [1.82, 2.24) is 5.32 Å². The lowest BCUT2D eigenvalue weighted by atomic mass is 10.1. The van der Waals surface area contributed by atoms with E-state index in [9.17, 15) is 0 Å². The zero-order valence-corrected chi connectivity index (χ0v) is 12.4. The SMILES string of the molecule is CCNC(C)CCCCN(C)c1ccccc1C. The highest BCUT2D eigenvalue weighted by Crippen LogP contribution is 2.18. The number of nitrogens with zero attached hydrogens (tertiary/aromatic N) is 1. The third-order valence-electron chi connectivity index (χ3n) is 3.46. The zero-order valence-electron chi connectivity index (χ0n) is 12.4. The highest BCUT2D eigenvalue weighted by Gasteiger charge is 2.04. The fourth-order valence-corrected chi connectivity index (χ4v) is 2.36. The summed E-state index contributed by atoms with van der Waals surface area (Å²) in [5, 5.41) is 3.46.